The van der Waals surface area contributed by atoms with E-state index >= 15 is 0 Å². The molecule has 0 unspecified atom stereocenters. The molecule has 8 heteroatoms. The summed E-state index contributed by atoms with van der Waals surface area (Å²) < 4.78 is 15.4. The van der Waals surface area contributed by atoms with E-state index in [4.69, 9.17) is 0 Å². The van der Waals surface area contributed by atoms with Crippen molar-refractivity contribution in [3.8, 4) is 5.69 Å². The van der Waals surface area contributed by atoms with Crippen LogP contribution in [-0.4, -0.2) is 58.5 Å². The Morgan fingerprint density at radius 1 is 1.21 bits per heavy atom. The van der Waals surface area contributed by atoms with Crippen molar-refractivity contribution < 1.29 is 14.1 Å². The molecule has 1 fully saturated rings. The zero-order chi connectivity index (χ0) is 21.1. The Bertz CT molecular complexity index is 828. The molecule has 0 aliphatic carbocycles. The van der Waals surface area contributed by atoms with Crippen LogP contribution in [0, 0.1) is 17.7 Å². The maximum atomic E-state index is 13.4. The van der Waals surface area contributed by atoms with Crippen LogP contribution in [0.25, 0.3) is 5.69 Å². The van der Waals surface area contributed by atoms with Crippen LogP contribution in [0.15, 0.2) is 29.4 Å². The molecule has 29 heavy (non-hydrogen) atoms. The maximum Gasteiger partial charge on any atom is 0.233 e. The molecule has 0 bridgehead atoms. The molecule has 2 aromatic rings. The van der Waals surface area contributed by atoms with E-state index in [2.05, 4.69) is 45.1 Å². The number of thioether (sulfide) groups is 1. The normalized spacial score (nSPS) is 20.9. The number of amides is 1. The lowest BCUT2D eigenvalue weighted by Crippen LogP contribution is -3.05. The molecular weight excluding hydrogens is 389 g/mol. The van der Waals surface area contributed by atoms with Crippen LogP contribution < -0.4 is 4.90 Å². The first-order valence-electron chi connectivity index (χ1n) is 10.2. The van der Waals surface area contributed by atoms with Gasteiger partial charge in [-0.15, -0.1) is 10.2 Å². The van der Waals surface area contributed by atoms with Crippen LogP contribution >= 0.6 is 11.8 Å². The second kappa shape index (κ2) is 9.26. The number of hydrogen-bond donors (Lipinski definition) is 1. The minimum atomic E-state index is -0.285. The molecule has 1 amide bonds. The van der Waals surface area contributed by atoms with Crippen molar-refractivity contribution in [3.05, 3.63) is 35.9 Å². The number of nitrogens with one attached hydrogen (secondary N) is 1. The first kappa shape index (κ1) is 21.8. The van der Waals surface area contributed by atoms with Crippen LogP contribution in [0.3, 0.4) is 0 Å². The first-order valence-corrected chi connectivity index (χ1v) is 11.2. The molecule has 158 valence electrons. The molecule has 1 aromatic carbocycles. The number of nitrogens with zero attached hydrogens (tertiary/aromatic N) is 4. The molecule has 3 atom stereocenters. The number of halogens is 1. The third-order valence-corrected chi connectivity index (χ3v) is 6.46. The number of benzene rings is 1. The van der Waals surface area contributed by atoms with Crippen molar-refractivity contribution in [3.63, 3.8) is 0 Å². The fraction of sp³-hybridized carbons (Fsp3) is 0.571. The Morgan fingerprint density at radius 3 is 2.41 bits per heavy atom. The van der Waals surface area contributed by atoms with Gasteiger partial charge >= 0.3 is 0 Å². The average Bonchev–Trinajstić information content (AvgIpc) is 3.09. The molecule has 1 N–H and O–H groups in total. The highest BCUT2D eigenvalue weighted by molar-refractivity contribution is 7.99. The molecule has 0 radical (unpaired) electrons. The Labute approximate surface area is 176 Å². The van der Waals surface area contributed by atoms with Gasteiger partial charge in [0.25, 0.3) is 0 Å². The quantitative estimate of drug-likeness (QED) is 0.728. The van der Waals surface area contributed by atoms with Crippen molar-refractivity contribution in [2.75, 3.05) is 32.9 Å². The van der Waals surface area contributed by atoms with E-state index in [0.717, 1.165) is 24.6 Å². The predicted octanol–water partition coefficient (Wildman–Crippen LogP) is 2.21. The largest absolute Gasteiger partial charge is 0.341 e. The third-order valence-electron chi connectivity index (χ3n) is 5.54. The van der Waals surface area contributed by atoms with E-state index in [1.165, 1.54) is 35.2 Å². The number of carbonyl (C=O) groups is 1. The standard InChI is InChI=1S/C21H30FN5OS/c1-14-10-15(2)12-26(11-14)19(28)13-29-21-24-23-20(16(3)25(4)5)27(21)18-8-6-17(22)7-9-18/h6-9,14-16H,10-13H2,1-5H3/p+1/t14-,15-,16+/m0/s1. The van der Waals surface area contributed by atoms with Gasteiger partial charge in [-0.1, -0.05) is 25.6 Å². The van der Waals surface area contributed by atoms with Gasteiger partial charge in [0.1, 0.15) is 11.9 Å². The molecule has 1 aliphatic rings. The van der Waals surface area contributed by atoms with Gasteiger partial charge in [0.05, 0.1) is 19.8 Å². The summed E-state index contributed by atoms with van der Waals surface area (Å²) in [6, 6.07) is 6.41. The lowest BCUT2D eigenvalue weighted by molar-refractivity contribution is -0.890. The second-order valence-electron chi connectivity index (χ2n) is 8.49. The van der Waals surface area contributed by atoms with Crippen molar-refractivity contribution in [2.24, 2.45) is 11.8 Å². The summed E-state index contributed by atoms with van der Waals surface area (Å²) in [5, 5.41) is 9.43. The summed E-state index contributed by atoms with van der Waals surface area (Å²) in [7, 11) is 4.12. The monoisotopic (exact) mass is 420 g/mol. The van der Waals surface area contributed by atoms with Crippen LogP contribution in [-0.2, 0) is 4.79 Å². The van der Waals surface area contributed by atoms with Gasteiger partial charge in [-0.25, -0.2) is 4.39 Å². The lowest BCUT2D eigenvalue weighted by atomic mass is 9.92. The van der Waals surface area contributed by atoms with E-state index in [1.807, 2.05) is 9.47 Å². The highest BCUT2D eigenvalue weighted by atomic mass is 32.2. The average molecular weight is 421 g/mol. The van der Waals surface area contributed by atoms with Crippen molar-refractivity contribution >= 4 is 17.7 Å². The minimum absolute atomic E-state index is 0.0985. The van der Waals surface area contributed by atoms with Gasteiger partial charge in [0, 0.05) is 18.8 Å². The van der Waals surface area contributed by atoms with E-state index in [0.29, 0.717) is 22.7 Å². The van der Waals surface area contributed by atoms with Gasteiger partial charge in [0.15, 0.2) is 11.0 Å². The van der Waals surface area contributed by atoms with Crippen molar-refractivity contribution in [2.45, 2.75) is 38.4 Å². The Kier molecular flexibility index (Phi) is 6.95. The van der Waals surface area contributed by atoms with Crippen molar-refractivity contribution in [1.82, 2.24) is 19.7 Å². The third kappa shape index (κ3) is 5.17. The summed E-state index contributed by atoms with van der Waals surface area (Å²) in [5.74, 6) is 2.04. The molecule has 1 saturated heterocycles. The lowest BCUT2D eigenvalue weighted by Gasteiger charge is -2.35. The highest BCUT2D eigenvalue weighted by Gasteiger charge is 2.27. The zero-order valence-corrected chi connectivity index (χ0v) is 18.7. The van der Waals surface area contributed by atoms with Gasteiger partial charge in [-0.2, -0.15) is 0 Å². The minimum Gasteiger partial charge on any atom is -0.341 e. The zero-order valence-electron chi connectivity index (χ0n) is 17.9. The SMILES string of the molecule is C[C@H]1C[C@H](C)CN(C(=O)CSc2nnc([C@@H](C)[NH+](C)C)n2-c2ccc(F)cc2)C1. The number of piperidine rings is 1. The topological polar surface area (TPSA) is 55.5 Å². The van der Waals surface area contributed by atoms with E-state index in [-0.39, 0.29) is 17.8 Å². The maximum absolute atomic E-state index is 13.4. The van der Waals surface area contributed by atoms with E-state index in [9.17, 15) is 9.18 Å². The molecule has 0 saturated carbocycles. The molecule has 1 aliphatic heterocycles. The van der Waals surface area contributed by atoms with Crippen LogP contribution in [0.2, 0.25) is 0 Å². The summed E-state index contributed by atoms with van der Waals surface area (Å²) in [6.45, 7) is 8.12. The van der Waals surface area contributed by atoms with Crippen molar-refractivity contribution in [1.29, 1.82) is 0 Å². The smallest absolute Gasteiger partial charge is 0.233 e. The molecule has 0 spiro atoms. The molecule has 2 heterocycles. The number of carbonyl (C=O) groups excluding carboxylic acids is 1. The number of rotatable bonds is 6. The summed E-state index contributed by atoms with van der Waals surface area (Å²) >= 11 is 1.40. The van der Waals surface area contributed by atoms with Gasteiger partial charge in [0.2, 0.25) is 5.91 Å². The first-order chi connectivity index (χ1) is 13.8. The highest BCUT2D eigenvalue weighted by Crippen LogP contribution is 2.26. The van der Waals surface area contributed by atoms with Gasteiger partial charge in [-0.05, 0) is 49.4 Å². The molecular formula is C21H31FN5OS+. The molecule has 6 nitrogen and oxygen atoms in total. The number of likely N-dealkylation sites (tertiary alicyclic amines) is 1. The second-order valence-corrected chi connectivity index (χ2v) is 9.43. The fourth-order valence-corrected chi connectivity index (χ4v) is 4.69. The van der Waals surface area contributed by atoms with Crippen LogP contribution in [0.5, 0.6) is 0 Å². The van der Waals surface area contributed by atoms with E-state index in [1.54, 1.807) is 12.1 Å². The molecule has 3 rings (SSSR count). The number of aromatic nitrogens is 3. The predicted molar refractivity (Wildman–Crippen MR) is 113 cm³/mol. The van der Waals surface area contributed by atoms with Crippen LogP contribution in [0.4, 0.5) is 4.39 Å². The van der Waals surface area contributed by atoms with Gasteiger partial charge in [-0.3, -0.25) is 9.36 Å². The fourth-order valence-electron chi connectivity index (χ4n) is 3.83. The summed E-state index contributed by atoms with van der Waals surface area (Å²) in [6.07, 6.45) is 1.17. The Hall–Kier alpha value is -1.93. The molecule has 1 aromatic heterocycles. The Morgan fingerprint density at radius 2 is 1.83 bits per heavy atom. The number of hydrogen-bond acceptors (Lipinski definition) is 4. The van der Waals surface area contributed by atoms with E-state index < -0.39 is 0 Å². The Balaban J connectivity index is 1.81. The summed E-state index contributed by atoms with van der Waals surface area (Å²) in [5.41, 5.74) is 0.801. The van der Waals surface area contributed by atoms with Gasteiger partial charge < -0.3 is 9.80 Å². The summed E-state index contributed by atoms with van der Waals surface area (Å²) in [4.78, 5) is 16.0. The van der Waals surface area contributed by atoms with Crippen LogP contribution in [0.1, 0.15) is 39.1 Å². The number of quaternary nitrogens is 1.